The number of amides is 2. The first-order chi connectivity index (χ1) is 7.74. The van der Waals surface area contributed by atoms with E-state index >= 15 is 0 Å². The van der Waals surface area contributed by atoms with Gasteiger partial charge < -0.3 is 15.5 Å². The van der Waals surface area contributed by atoms with Gasteiger partial charge in [-0.1, -0.05) is 19.8 Å². The van der Waals surface area contributed by atoms with Gasteiger partial charge in [0, 0.05) is 19.1 Å². The van der Waals surface area contributed by atoms with Gasteiger partial charge in [0.1, 0.15) is 0 Å². The molecule has 1 fully saturated rings. The minimum absolute atomic E-state index is 0.111. The Balaban J connectivity index is 1.93. The lowest BCUT2D eigenvalue weighted by atomic mass is 10.2. The van der Waals surface area contributed by atoms with Gasteiger partial charge in [0.2, 0.25) is 0 Å². The highest BCUT2D eigenvalue weighted by Gasteiger charge is 2.24. The molecule has 0 radical (unpaired) electrons. The molecule has 0 aliphatic carbocycles. The number of urea groups is 1. The fraction of sp³-hybridized carbons (Fsp3) is 0.917. The second-order valence-corrected chi connectivity index (χ2v) is 4.56. The zero-order valence-electron chi connectivity index (χ0n) is 10.6. The van der Waals surface area contributed by atoms with Gasteiger partial charge in [0.25, 0.3) is 0 Å². The zero-order valence-corrected chi connectivity index (χ0v) is 10.6. The van der Waals surface area contributed by atoms with E-state index in [9.17, 15) is 4.79 Å². The topological polar surface area (TPSA) is 44.4 Å². The highest BCUT2D eigenvalue weighted by Crippen LogP contribution is 2.06. The van der Waals surface area contributed by atoms with Crippen LogP contribution in [0.1, 0.15) is 39.5 Å². The number of carbonyl (C=O) groups is 1. The number of hydrogen-bond acceptors (Lipinski definition) is 2. The molecule has 0 aromatic rings. The zero-order chi connectivity index (χ0) is 11.8. The first kappa shape index (κ1) is 13.3. The summed E-state index contributed by atoms with van der Waals surface area (Å²) in [7, 11) is 0. The molecule has 0 saturated carbocycles. The number of rotatable bonds is 8. The first-order valence-electron chi connectivity index (χ1n) is 6.50. The normalized spacial score (nSPS) is 20.2. The van der Waals surface area contributed by atoms with Crippen LogP contribution in [0.2, 0.25) is 0 Å². The Labute approximate surface area is 98.8 Å². The van der Waals surface area contributed by atoms with Gasteiger partial charge in [-0.3, -0.25) is 0 Å². The summed E-state index contributed by atoms with van der Waals surface area (Å²) in [6, 6.07) is 0.432. The van der Waals surface area contributed by atoms with Crippen molar-refractivity contribution in [2.75, 3.05) is 26.2 Å². The van der Waals surface area contributed by atoms with Crippen LogP contribution in [0.3, 0.4) is 0 Å². The van der Waals surface area contributed by atoms with Gasteiger partial charge >= 0.3 is 6.03 Å². The SMILES string of the molecule is CCNCCCCCCN1CC(C)NC1=O. The van der Waals surface area contributed by atoms with Crippen LogP contribution in [-0.4, -0.2) is 43.2 Å². The molecule has 1 unspecified atom stereocenters. The van der Waals surface area contributed by atoms with Crippen LogP contribution in [0.4, 0.5) is 4.79 Å². The molecule has 1 saturated heterocycles. The predicted octanol–water partition coefficient (Wildman–Crippen LogP) is 1.57. The van der Waals surface area contributed by atoms with Gasteiger partial charge in [0.05, 0.1) is 0 Å². The molecule has 4 nitrogen and oxygen atoms in total. The number of carbonyl (C=O) groups excluding carboxylic acids is 1. The Morgan fingerprint density at radius 2 is 2.12 bits per heavy atom. The summed E-state index contributed by atoms with van der Waals surface area (Å²) in [5.41, 5.74) is 0. The van der Waals surface area contributed by atoms with Crippen LogP contribution < -0.4 is 10.6 Å². The van der Waals surface area contributed by atoms with Crippen LogP contribution in [-0.2, 0) is 0 Å². The minimum atomic E-state index is 0.111. The van der Waals surface area contributed by atoms with Crippen molar-refractivity contribution in [3.05, 3.63) is 0 Å². The van der Waals surface area contributed by atoms with Crippen molar-refractivity contribution < 1.29 is 4.79 Å². The largest absolute Gasteiger partial charge is 0.334 e. The Kier molecular flexibility index (Phi) is 6.23. The van der Waals surface area contributed by atoms with Crippen molar-refractivity contribution >= 4 is 6.03 Å². The van der Waals surface area contributed by atoms with Crippen molar-refractivity contribution in [1.29, 1.82) is 0 Å². The molecular formula is C12H25N3O. The highest BCUT2D eigenvalue weighted by molar-refractivity contribution is 5.76. The van der Waals surface area contributed by atoms with E-state index in [-0.39, 0.29) is 6.03 Å². The molecule has 0 spiro atoms. The van der Waals surface area contributed by atoms with Crippen molar-refractivity contribution in [3.63, 3.8) is 0 Å². The third kappa shape index (κ3) is 4.84. The molecule has 1 atom stereocenters. The molecule has 16 heavy (non-hydrogen) atoms. The van der Waals surface area contributed by atoms with Gasteiger partial charge in [-0.05, 0) is 32.9 Å². The number of hydrogen-bond donors (Lipinski definition) is 2. The molecule has 1 rings (SSSR count). The second kappa shape index (κ2) is 7.49. The molecule has 0 aromatic heterocycles. The Morgan fingerprint density at radius 1 is 1.38 bits per heavy atom. The fourth-order valence-corrected chi connectivity index (χ4v) is 2.04. The molecule has 94 valence electrons. The molecule has 0 bridgehead atoms. The maximum Gasteiger partial charge on any atom is 0.317 e. The van der Waals surface area contributed by atoms with E-state index in [2.05, 4.69) is 17.6 Å². The van der Waals surface area contributed by atoms with Crippen LogP contribution in [0.5, 0.6) is 0 Å². The Morgan fingerprint density at radius 3 is 2.75 bits per heavy atom. The van der Waals surface area contributed by atoms with Gasteiger partial charge in [-0.25, -0.2) is 4.79 Å². The summed E-state index contributed by atoms with van der Waals surface area (Å²) in [4.78, 5) is 13.3. The van der Waals surface area contributed by atoms with E-state index in [1.807, 2.05) is 11.8 Å². The number of nitrogens with zero attached hydrogens (tertiary/aromatic N) is 1. The molecule has 4 heteroatoms. The van der Waals surface area contributed by atoms with E-state index in [1.165, 1.54) is 19.3 Å². The molecule has 2 amide bonds. The summed E-state index contributed by atoms with van der Waals surface area (Å²) in [5, 5.41) is 6.23. The molecule has 1 heterocycles. The molecule has 2 N–H and O–H groups in total. The smallest absolute Gasteiger partial charge is 0.317 e. The molecule has 1 aliphatic rings. The molecular weight excluding hydrogens is 202 g/mol. The van der Waals surface area contributed by atoms with E-state index in [4.69, 9.17) is 0 Å². The number of unbranched alkanes of at least 4 members (excludes halogenated alkanes) is 3. The van der Waals surface area contributed by atoms with Crippen LogP contribution in [0.15, 0.2) is 0 Å². The second-order valence-electron chi connectivity index (χ2n) is 4.56. The summed E-state index contributed by atoms with van der Waals surface area (Å²) >= 11 is 0. The summed E-state index contributed by atoms with van der Waals surface area (Å²) in [5.74, 6) is 0. The van der Waals surface area contributed by atoms with Crippen LogP contribution in [0.25, 0.3) is 0 Å². The van der Waals surface area contributed by atoms with Crippen molar-refractivity contribution in [1.82, 2.24) is 15.5 Å². The third-order valence-electron chi connectivity index (χ3n) is 2.93. The summed E-state index contributed by atoms with van der Waals surface area (Å²) in [6.07, 6.45) is 4.87. The van der Waals surface area contributed by atoms with Gasteiger partial charge in [-0.15, -0.1) is 0 Å². The monoisotopic (exact) mass is 227 g/mol. The quantitative estimate of drug-likeness (QED) is 0.618. The fourth-order valence-electron chi connectivity index (χ4n) is 2.04. The predicted molar refractivity (Wildman–Crippen MR) is 66.6 cm³/mol. The van der Waals surface area contributed by atoms with Gasteiger partial charge in [0.15, 0.2) is 0 Å². The maximum absolute atomic E-state index is 11.4. The summed E-state index contributed by atoms with van der Waals surface area (Å²) < 4.78 is 0. The Bertz CT molecular complexity index is 208. The van der Waals surface area contributed by atoms with Crippen molar-refractivity contribution in [3.8, 4) is 0 Å². The van der Waals surface area contributed by atoms with E-state index in [0.717, 1.165) is 32.6 Å². The van der Waals surface area contributed by atoms with Gasteiger partial charge in [-0.2, -0.15) is 0 Å². The summed E-state index contributed by atoms with van der Waals surface area (Å²) in [6.45, 7) is 8.15. The first-order valence-corrected chi connectivity index (χ1v) is 6.50. The van der Waals surface area contributed by atoms with E-state index < -0.39 is 0 Å². The van der Waals surface area contributed by atoms with Crippen LogP contribution in [0, 0.1) is 0 Å². The highest BCUT2D eigenvalue weighted by atomic mass is 16.2. The van der Waals surface area contributed by atoms with Crippen LogP contribution >= 0.6 is 0 Å². The average molecular weight is 227 g/mol. The maximum atomic E-state index is 11.4. The molecule has 0 aromatic carbocycles. The minimum Gasteiger partial charge on any atom is -0.334 e. The third-order valence-corrected chi connectivity index (χ3v) is 2.93. The van der Waals surface area contributed by atoms with E-state index in [0.29, 0.717) is 6.04 Å². The Hall–Kier alpha value is -0.770. The lowest BCUT2D eigenvalue weighted by molar-refractivity contribution is 0.216. The van der Waals surface area contributed by atoms with E-state index in [1.54, 1.807) is 0 Å². The van der Waals surface area contributed by atoms with Crippen molar-refractivity contribution in [2.24, 2.45) is 0 Å². The number of nitrogens with one attached hydrogen (secondary N) is 2. The average Bonchev–Trinajstić information content (AvgIpc) is 2.56. The lowest BCUT2D eigenvalue weighted by Crippen LogP contribution is -2.29. The standard InChI is InChI=1S/C12H25N3O/c1-3-13-8-6-4-5-7-9-15-10-11(2)14-12(15)16/h11,13H,3-10H2,1-2H3,(H,14,16). The lowest BCUT2D eigenvalue weighted by Gasteiger charge is -2.13. The molecule has 1 aliphatic heterocycles. The van der Waals surface area contributed by atoms with Crippen molar-refractivity contribution in [2.45, 2.75) is 45.6 Å².